The van der Waals surface area contributed by atoms with E-state index in [2.05, 4.69) is 26.2 Å². The standard InChI is InChI=1S/C17H16N6O2S2/c1-9-5-4-6-11(7-9)8-23-12-13(22(3)15(25)19-14(12)24)18-16(23)27-17-21-20-10(2)26-17/h4-7H,8H2,1-3H3,(H,19,24,25). The monoisotopic (exact) mass is 400 g/mol. The highest BCUT2D eigenvalue weighted by atomic mass is 32.2. The summed E-state index contributed by atoms with van der Waals surface area (Å²) in [6.45, 7) is 4.36. The molecule has 3 heterocycles. The van der Waals surface area contributed by atoms with Gasteiger partial charge in [-0.3, -0.25) is 14.3 Å². The van der Waals surface area contributed by atoms with E-state index in [1.165, 1.54) is 27.7 Å². The van der Waals surface area contributed by atoms with Gasteiger partial charge >= 0.3 is 5.69 Å². The maximum Gasteiger partial charge on any atom is 0.329 e. The number of nitrogens with one attached hydrogen (secondary N) is 1. The van der Waals surface area contributed by atoms with Gasteiger partial charge in [-0.15, -0.1) is 10.2 Å². The van der Waals surface area contributed by atoms with Crippen molar-refractivity contribution in [3.8, 4) is 0 Å². The zero-order valence-corrected chi connectivity index (χ0v) is 16.5. The summed E-state index contributed by atoms with van der Waals surface area (Å²) in [6.07, 6.45) is 0. The second kappa shape index (κ2) is 6.78. The molecule has 3 aromatic heterocycles. The lowest BCUT2D eigenvalue weighted by molar-refractivity contribution is 0.727. The minimum Gasteiger partial charge on any atom is -0.308 e. The number of H-pyrrole nitrogens is 1. The molecule has 0 unspecified atom stereocenters. The molecular weight excluding hydrogens is 384 g/mol. The van der Waals surface area contributed by atoms with Crippen LogP contribution in [0.4, 0.5) is 0 Å². The average Bonchev–Trinajstić information content (AvgIpc) is 3.18. The van der Waals surface area contributed by atoms with Gasteiger partial charge in [-0.05, 0) is 31.2 Å². The molecule has 0 aliphatic rings. The fourth-order valence-electron chi connectivity index (χ4n) is 2.83. The van der Waals surface area contributed by atoms with Crippen LogP contribution in [-0.2, 0) is 13.6 Å². The summed E-state index contributed by atoms with van der Waals surface area (Å²) in [5, 5.41) is 9.60. The van der Waals surface area contributed by atoms with Gasteiger partial charge in [-0.2, -0.15) is 0 Å². The Labute approximate surface area is 161 Å². The van der Waals surface area contributed by atoms with Gasteiger partial charge in [0.15, 0.2) is 20.7 Å². The van der Waals surface area contributed by atoms with Gasteiger partial charge in [0.1, 0.15) is 5.01 Å². The second-order valence-electron chi connectivity index (χ2n) is 6.15. The highest BCUT2D eigenvalue weighted by Gasteiger charge is 2.19. The fourth-order valence-corrected chi connectivity index (χ4v) is 4.63. The molecule has 0 amide bonds. The van der Waals surface area contributed by atoms with Crippen molar-refractivity contribution in [3.63, 3.8) is 0 Å². The largest absolute Gasteiger partial charge is 0.329 e. The maximum absolute atomic E-state index is 12.5. The van der Waals surface area contributed by atoms with Gasteiger partial charge in [-0.1, -0.05) is 41.2 Å². The van der Waals surface area contributed by atoms with Crippen LogP contribution in [0.5, 0.6) is 0 Å². The van der Waals surface area contributed by atoms with E-state index in [-0.39, 0.29) is 0 Å². The maximum atomic E-state index is 12.5. The van der Waals surface area contributed by atoms with E-state index in [4.69, 9.17) is 0 Å². The molecule has 0 saturated carbocycles. The number of aryl methyl sites for hydroxylation is 3. The van der Waals surface area contributed by atoms with Crippen molar-refractivity contribution in [2.75, 3.05) is 0 Å². The van der Waals surface area contributed by atoms with Crippen molar-refractivity contribution >= 4 is 34.3 Å². The predicted molar refractivity (Wildman–Crippen MR) is 105 cm³/mol. The molecule has 4 aromatic rings. The number of nitrogens with zero attached hydrogens (tertiary/aromatic N) is 5. The predicted octanol–water partition coefficient (Wildman–Crippen LogP) is 2.09. The Balaban J connectivity index is 1.92. The fraction of sp³-hybridized carbons (Fsp3) is 0.235. The molecule has 0 spiro atoms. The Morgan fingerprint density at radius 1 is 1.22 bits per heavy atom. The molecular formula is C17H16N6O2S2. The molecule has 0 atom stereocenters. The molecule has 0 fully saturated rings. The molecule has 8 nitrogen and oxygen atoms in total. The molecule has 27 heavy (non-hydrogen) atoms. The van der Waals surface area contributed by atoms with Gasteiger partial charge in [-0.25, -0.2) is 9.78 Å². The van der Waals surface area contributed by atoms with E-state index < -0.39 is 11.2 Å². The third-order valence-corrected chi connectivity index (χ3v) is 5.97. The van der Waals surface area contributed by atoms with Crippen molar-refractivity contribution in [1.29, 1.82) is 0 Å². The third kappa shape index (κ3) is 3.33. The quantitative estimate of drug-likeness (QED) is 0.563. The number of benzene rings is 1. The van der Waals surface area contributed by atoms with E-state index in [1.807, 2.05) is 36.6 Å². The van der Waals surface area contributed by atoms with E-state index in [9.17, 15) is 9.59 Å². The Bertz CT molecular complexity index is 1270. The van der Waals surface area contributed by atoms with Crippen molar-refractivity contribution in [3.05, 3.63) is 61.2 Å². The zero-order valence-electron chi connectivity index (χ0n) is 14.9. The van der Waals surface area contributed by atoms with Crippen molar-refractivity contribution < 1.29 is 0 Å². The summed E-state index contributed by atoms with van der Waals surface area (Å²) in [6, 6.07) is 8.06. The Kier molecular flexibility index (Phi) is 4.44. The van der Waals surface area contributed by atoms with Gasteiger partial charge in [0, 0.05) is 7.05 Å². The van der Waals surface area contributed by atoms with Crippen LogP contribution >= 0.6 is 23.1 Å². The van der Waals surface area contributed by atoms with Gasteiger partial charge in [0.25, 0.3) is 5.56 Å². The first kappa shape index (κ1) is 17.7. The minimum absolute atomic E-state index is 0.347. The first-order valence-corrected chi connectivity index (χ1v) is 9.78. The van der Waals surface area contributed by atoms with Crippen LogP contribution < -0.4 is 11.2 Å². The molecule has 0 aliphatic heterocycles. The SMILES string of the molecule is Cc1cccc(Cn2c(Sc3nnc(C)s3)nc3c2c(=O)[nH]c(=O)n3C)c1. The summed E-state index contributed by atoms with van der Waals surface area (Å²) in [7, 11) is 1.59. The van der Waals surface area contributed by atoms with E-state index in [1.54, 1.807) is 7.05 Å². The van der Waals surface area contributed by atoms with Crippen LogP contribution in [0, 0.1) is 13.8 Å². The molecule has 4 rings (SSSR count). The van der Waals surface area contributed by atoms with Crippen LogP contribution in [0.25, 0.3) is 11.2 Å². The van der Waals surface area contributed by atoms with E-state index >= 15 is 0 Å². The Hall–Kier alpha value is -2.72. The zero-order chi connectivity index (χ0) is 19.1. The number of aromatic amines is 1. The topological polar surface area (TPSA) is 98.5 Å². The summed E-state index contributed by atoms with van der Waals surface area (Å²) < 4.78 is 3.90. The Morgan fingerprint density at radius 3 is 2.74 bits per heavy atom. The number of hydrogen-bond donors (Lipinski definition) is 1. The molecule has 10 heteroatoms. The molecule has 1 N–H and O–H groups in total. The number of fused-ring (bicyclic) bond motifs is 1. The van der Waals surface area contributed by atoms with Crippen molar-refractivity contribution in [2.45, 2.75) is 29.9 Å². The lowest BCUT2D eigenvalue weighted by Crippen LogP contribution is -2.29. The lowest BCUT2D eigenvalue weighted by Gasteiger charge is -2.08. The molecule has 0 radical (unpaired) electrons. The van der Waals surface area contributed by atoms with Crippen molar-refractivity contribution in [1.82, 2.24) is 29.3 Å². The van der Waals surface area contributed by atoms with E-state index in [0.717, 1.165) is 20.5 Å². The number of imidazole rings is 1. The van der Waals surface area contributed by atoms with Gasteiger partial charge in [0.2, 0.25) is 0 Å². The molecule has 0 bridgehead atoms. The normalized spacial score (nSPS) is 11.4. The van der Waals surface area contributed by atoms with Gasteiger partial charge < -0.3 is 4.57 Å². The smallest absolute Gasteiger partial charge is 0.308 e. The highest BCUT2D eigenvalue weighted by molar-refractivity contribution is 8.00. The number of rotatable bonds is 4. The number of aromatic nitrogens is 6. The Morgan fingerprint density at radius 2 is 2.04 bits per heavy atom. The number of hydrogen-bond acceptors (Lipinski definition) is 7. The summed E-state index contributed by atoms with van der Waals surface area (Å²) in [5.74, 6) is 0. The van der Waals surface area contributed by atoms with Crippen molar-refractivity contribution in [2.24, 2.45) is 7.05 Å². The molecule has 138 valence electrons. The molecule has 0 saturated heterocycles. The first-order chi connectivity index (χ1) is 12.9. The second-order valence-corrected chi connectivity index (χ2v) is 8.55. The van der Waals surface area contributed by atoms with Crippen LogP contribution in [-0.4, -0.2) is 29.3 Å². The average molecular weight is 400 g/mol. The molecule has 0 aliphatic carbocycles. The summed E-state index contributed by atoms with van der Waals surface area (Å²) in [5.41, 5.74) is 1.94. The van der Waals surface area contributed by atoms with Gasteiger partial charge in [0.05, 0.1) is 6.54 Å². The first-order valence-electron chi connectivity index (χ1n) is 8.15. The third-order valence-electron chi connectivity index (χ3n) is 4.08. The summed E-state index contributed by atoms with van der Waals surface area (Å²) >= 11 is 2.79. The van der Waals surface area contributed by atoms with E-state index in [0.29, 0.717) is 22.9 Å². The lowest BCUT2D eigenvalue weighted by atomic mass is 10.1. The van der Waals surface area contributed by atoms with Crippen LogP contribution in [0.3, 0.4) is 0 Å². The highest BCUT2D eigenvalue weighted by Crippen LogP contribution is 2.31. The van der Waals surface area contributed by atoms with Crippen LogP contribution in [0.1, 0.15) is 16.1 Å². The minimum atomic E-state index is -0.490. The summed E-state index contributed by atoms with van der Waals surface area (Å²) in [4.78, 5) is 31.4. The van der Waals surface area contributed by atoms with Crippen LogP contribution in [0.15, 0.2) is 43.4 Å². The van der Waals surface area contributed by atoms with Crippen LogP contribution in [0.2, 0.25) is 0 Å². The molecule has 1 aromatic carbocycles.